The Bertz CT molecular complexity index is 290. The highest BCUT2D eigenvalue weighted by atomic mass is 15.3. The number of hydrogen-bond donors (Lipinski definition) is 0. The van der Waals surface area contributed by atoms with Crippen molar-refractivity contribution in [2.45, 2.75) is 78.4 Å². The molecule has 2 heterocycles. The predicted octanol–water partition coefficient (Wildman–Crippen LogP) is 3.37. The van der Waals surface area contributed by atoms with Gasteiger partial charge in [-0.15, -0.1) is 0 Å². The number of rotatable bonds is 2. The zero-order valence-electron chi connectivity index (χ0n) is 13.3. The molecule has 2 atom stereocenters. The molecule has 2 aliphatic heterocycles. The topological polar surface area (TPSA) is 6.48 Å². The van der Waals surface area contributed by atoms with Crippen molar-refractivity contribution in [1.82, 2.24) is 9.80 Å². The fourth-order valence-electron chi connectivity index (χ4n) is 4.43. The Morgan fingerprint density at radius 3 is 2.33 bits per heavy atom. The summed E-state index contributed by atoms with van der Waals surface area (Å²) in [5, 5.41) is 0. The zero-order chi connectivity index (χ0) is 13.6. The average Bonchev–Trinajstić information content (AvgIpc) is 2.58. The molecule has 2 nitrogen and oxygen atoms in total. The summed E-state index contributed by atoms with van der Waals surface area (Å²) in [6.07, 6.45) is 4.09. The highest BCUT2D eigenvalue weighted by Gasteiger charge is 2.41. The maximum absolute atomic E-state index is 2.78. The van der Waals surface area contributed by atoms with Gasteiger partial charge in [0, 0.05) is 30.7 Å². The molecular formula is C16H32N2. The molecule has 2 saturated heterocycles. The van der Waals surface area contributed by atoms with Crippen LogP contribution in [0.4, 0.5) is 0 Å². The third kappa shape index (κ3) is 3.08. The molecule has 2 heteroatoms. The second-order valence-electron chi connectivity index (χ2n) is 8.34. The lowest BCUT2D eigenvalue weighted by molar-refractivity contribution is -0.0245. The Balaban J connectivity index is 2.07. The van der Waals surface area contributed by atoms with E-state index in [9.17, 15) is 0 Å². The molecule has 0 spiro atoms. The molecule has 106 valence electrons. The first-order valence-corrected chi connectivity index (χ1v) is 7.70. The molecule has 0 bridgehead atoms. The molecule has 0 aliphatic carbocycles. The smallest absolute Gasteiger partial charge is 0.0224 e. The van der Waals surface area contributed by atoms with Gasteiger partial charge in [-0.2, -0.15) is 0 Å². The van der Waals surface area contributed by atoms with Crippen LogP contribution in [0.3, 0.4) is 0 Å². The third-order valence-corrected chi connectivity index (χ3v) is 4.68. The van der Waals surface area contributed by atoms with E-state index in [0.717, 1.165) is 6.04 Å². The number of fused-ring (bicyclic) bond motifs is 1. The molecule has 0 aromatic heterocycles. The van der Waals surface area contributed by atoms with Gasteiger partial charge >= 0.3 is 0 Å². The van der Waals surface area contributed by atoms with Crippen LogP contribution in [-0.4, -0.2) is 47.1 Å². The van der Waals surface area contributed by atoms with Crippen LogP contribution < -0.4 is 0 Å². The van der Waals surface area contributed by atoms with E-state index < -0.39 is 0 Å². The second-order valence-corrected chi connectivity index (χ2v) is 8.34. The first kappa shape index (κ1) is 14.3. The summed E-state index contributed by atoms with van der Waals surface area (Å²) in [7, 11) is 0. The van der Waals surface area contributed by atoms with Crippen molar-refractivity contribution in [3.8, 4) is 0 Å². The highest BCUT2D eigenvalue weighted by molar-refractivity contribution is 4.97. The maximum Gasteiger partial charge on any atom is 0.0224 e. The van der Waals surface area contributed by atoms with Crippen LogP contribution in [0.25, 0.3) is 0 Å². The zero-order valence-corrected chi connectivity index (χ0v) is 13.3. The van der Waals surface area contributed by atoms with Crippen LogP contribution >= 0.6 is 0 Å². The SMILES string of the molecule is CC1CN2CCCC2CN1C(C)(C)CC(C)(C)C. The molecule has 0 aromatic carbocycles. The summed E-state index contributed by atoms with van der Waals surface area (Å²) in [5.41, 5.74) is 0.738. The van der Waals surface area contributed by atoms with Gasteiger partial charge in [0.15, 0.2) is 0 Å². The number of piperazine rings is 1. The van der Waals surface area contributed by atoms with Crippen LogP contribution in [0.1, 0.15) is 60.8 Å². The molecular weight excluding hydrogens is 220 g/mol. The lowest BCUT2D eigenvalue weighted by atomic mass is 9.79. The summed E-state index contributed by atoms with van der Waals surface area (Å²) < 4.78 is 0. The van der Waals surface area contributed by atoms with E-state index in [1.54, 1.807) is 0 Å². The molecule has 2 unspecified atom stereocenters. The number of nitrogens with zero attached hydrogens (tertiary/aromatic N) is 2. The highest BCUT2D eigenvalue weighted by Crippen LogP contribution is 2.36. The summed E-state index contributed by atoms with van der Waals surface area (Å²) >= 11 is 0. The molecule has 0 saturated carbocycles. The van der Waals surface area contributed by atoms with Crippen LogP contribution in [0, 0.1) is 5.41 Å². The Morgan fingerprint density at radius 2 is 1.72 bits per heavy atom. The van der Waals surface area contributed by atoms with Crippen molar-refractivity contribution in [2.75, 3.05) is 19.6 Å². The predicted molar refractivity (Wildman–Crippen MR) is 78.9 cm³/mol. The fourth-order valence-corrected chi connectivity index (χ4v) is 4.43. The summed E-state index contributed by atoms with van der Waals surface area (Å²) in [4.78, 5) is 5.50. The monoisotopic (exact) mass is 252 g/mol. The van der Waals surface area contributed by atoms with Crippen molar-refractivity contribution in [1.29, 1.82) is 0 Å². The normalized spacial score (nSPS) is 31.7. The van der Waals surface area contributed by atoms with Crippen LogP contribution in [0.5, 0.6) is 0 Å². The van der Waals surface area contributed by atoms with Gasteiger partial charge in [-0.25, -0.2) is 0 Å². The van der Waals surface area contributed by atoms with E-state index in [2.05, 4.69) is 51.3 Å². The first-order valence-electron chi connectivity index (χ1n) is 7.70. The molecule has 2 aliphatic rings. The van der Waals surface area contributed by atoms with Crippen LogP contribution in [0.2, 0.25) is 0 Å². The molecule has 2 rings (SSSR count). The Labute approximate surface area is 114 Å². The molecule has 0 N–H and O–H groups in total. The quantitative estimate of drug-likeness (QED) is 0.743. The lowest BCUT2D eigenvalue weighted by Crippen LogP contribution is -2.62. The van der Waals surface area contributed by atoms with Crippen molar-refractivity contribution in [2.24, 2.45) is 5.41 Å². The lowest BCUT2D eigenvalue weighted by Gasteiger charge is -2.51. The molecule has 2 fully saturated rings. The van der Waals surface area contributed by atoms with E-state index in [1.165, 1.54) is 38.9 Å². The molecule has 0 amide bonds. The summed E-state index contributed by atoms with van der Waals surface area (Å²) in [5.74, 6) is 0. The minimum absolute atomic E-state index is 0.326. The average molecular weight is 252 g/mol. The summed E-state index contributed by atoms with van der Waals surface area (Å²) in [6, 6.07) is 1.54. The van der Waals surface area contributed by atoms with Gasteiger partial charge in [-0.05, 0) is 52.0 Å². The van der Waals surface area contributed by atoms with Gasteiger partial charge in [-0.1, -0.05) is 20.8 Å². The maximum atomic E-state index is 2.78. The Kier molecular flexibility index (Phi) is 3.81. The first-order chi connectivity index (χ1) is 8.19. The van der Waals surface area contributed by atoms with Gasteiger partial charge in [0.05, 0.1) is 0 Å². The minimum atomic E-state index is 0.326. The molecule has 0 radical (unpaired) electrons. The van der Waals surface area contributed by atoms with Gasteiger partial charge in [0.25, 0.3) is 0 Å². The Morgan fingerprint density at radius 1 is 1.06 bits per heavy atom. The second kappa shape index (κ2) is 4.79. The van der Waals surface area contributed by atoms with E-state index in [1.807, 2.05) is 0 Å². The largest absolute Gasteiger partial charge is 0.298 e. The van der Waals surface area contributed by atoms with E-state index in [0.29, 0.717) is 17.0 Å². The summed E-state index contributed by atoms with van der Waals surface area (Å²) in [6.45, 7) is 18.3. The van der Waals surface area contributed by atoms with Crippen molar-refractivity contribution in [3.05, 3.63) is 0 Å². The third-order valence-electron chi connectivity index (χ3n) is 4.68. The standard InChI is InChI=1S/C16H32N2/c1-13-10-17-9-7-8-14(17)11-18(13)16(5,6)12-15(2,3)4/h13-14H,7-12H2,1-6H3. The molecule has 18 heavy (non-hydrogen) atoms. The van der Waals surface area contributed by atoms with Crippen LogP contribution in [-0.2, 0) is 0 Å². The minimum Gasteiger partial charge on any atom is -0.298 e. The molecule has 0 aromatic rings. The van der Waals surface area contributed by atoms with Crippen LogP contribution in [0.15, 0.2) is 0 Å². The van der Waals surface area contributed by atoms with Crippen molar-refractivity contribution < 1.29 is 0 Å². The number of hydrogen-bond acceptors (Lipinski definition) is 2. The van der Waals surface area contributed by atoms with Gasteiger partial charge in [-0.3, -0.25) is 9.80 Å². The fraction of sp³-hybridized carbons (Fsp3) is 1.00. The van der Waals surface area contributed by atoms with E-state index in [4.69, 9.17) is 0 Å². The van der Waals surface area contributed by atoms with Gasteiger partial charge < -0.3 is 0 Å². The van der Waals surface area contributed by atoms with Gasteiger partial charge in [0.2, 0.25) is 0 Å². The Hall–Kier alpha value is -0.0800. The van der Waals surface area contributed by atoms with E-state index >= 15 is 0 Å². The van der Waals surface area contributed by atoms with E-state index in [-0.39, 0.29) is 0 Å². The van der Waals surface area contributed by atoms with Gasteiger partial charge in [0.1, 0.15) is 0 Å². The van der Waals surface area contributed by atoms with Crippen molar-refractivity contribution in [3.63, 3.8) is 0 Å². The van der Waals surface area contributed by atoms with Crippen molar-refractivity contribution >= 4 is 0 Å².